The number of rotatable bonds is 4. The van der Waals surface area contributed by atoms with E-state index in [-0.39, 0.29) is 0 Å². The molecular weight excluding hydrogens is 234 g/mol. The van der Waals surface area contributed by atoms with Crippen molar-refractivity contribution < 1.29 is 0 Å². The second-order valence-corrected chi connectivity index (χ2v) is 4.27. The van der Waals surface area contributed by atoms with Gasteiger partial charge in [-0.3, -0.25) is 4.98 Å². The van der Waals surface area contributed by atoms with E-state index in [2.05, 4.69) is 21.9 Å². The SMILES string of the molecule is CCCc1cc(Cl)nc(Cc2cccnc2)n1. The summed E-state index contributed by atoms with van der Waals surface area (Å²) in [5.74, 6) is 0.758. The summed E-state index contributed by atoms with van der Waals surface area (Å²) < 4.78 is 0. The van der Waals surface area contributed by atoms with Gasteiger partial charge in [0.25, 0.3) is 0 Å². The van der Waals surface area contributed by atoms with Gasteiger partial charge in [-0.25, -0.2) is 9.97 Å². The second kappa shape index (κ2) is 5.73. The Balaban J connectivity index is 2.21. The van der Waals surface area contributed by atoms with Gasteiger partial charge >= 0.3 is 0 Å². The number of hydrogen-bond donors (Lipinski definition) is 0. The lowest BCUT2D eigenvalue weighted by atomic mass is 10.2. The molecule has 2 rings (SSSR count). The van der Waals surface area contributed by atoms with Crippen LogP contribution < -0.4 is 0 Å². The highest BCUT2D eigenvalue weighted by molar-refractivity contribution is 6.29. The first-order chi connectivity index (χ1) is 8.28. The molecule has 0 aromatic carbocycles. The molecule has 2 heterocycles. The van der Waals surface area contributed by atoms with Crippen LogP contribution >= 0.6 is 11.6 Å². The van der Waals surface area contributed by atoms with E-state index in [1.807, 2.05) is 24.4 Å². The molecule has 0 aliphatic carbocycles. The van der Waals surface area contributed by atoms with Crippen molar-refractivity contribution in [1.29, 1.82) is 0 Å². The number of aryl methyl sites for hydroxylation is 1. The highest BCUT2D eigenvalue weighted by atomic mass is 35.5. The van der Waals surface area contributed by atoms with Gasteiger partial charge in [-0.2, -0.15) is 0 Å². The summed E-state index contributed by atoms with van der Waals surface area (Å²) in [6.45, 7) is 2.12. The number of pyridine rings is 1. The van der Waals surface area contributed by atoms with Crippen molar-refractivity contribution in [3.05, 3.63) is 52.8 Å². The third-order valence-electron chi connectivity index (χ3n) is 2.39. The van der Waals surface area contributed by atoms with Crippen molar-refractivity contribution in [2.24, 2.45) is 0 Å². The average Bonchev–Trinajstić information content (AvgIpc) is 2.30. The first-order valence-corrected chi connectivity index (χ1v) is 6.07. The third kappa shape index (κ3) is 3.49. The van der Waals surface area contributed by atoms with Gasteiger partial charge in [0.2, 0.25) is 0 Å². The zero-order valence-corrected chi connectivity index (χ0v) is 10.5. The second-order valence-electron chi connectivity index (χ2n) is 3.89. The van der Waals surface area contributed by atoms with Crippen LogP contribution in [0.15, 0.2) is 30.6 Å². The van der Waals surface area contributed by atoms with Gasteiger partial charge in [-0.15, -0.1) is 0 Å². The van der Waals surface area contributed by atoms with Crippen LogP contribution in [0, 0.1) is 0 Å². The zero-order chi connectivity index (χ0) is 12.1. The summed E-state index contributed by atoms with van der Waals surface area (Å²) in [7, 11) is 0. The Kier molecular flexibility index (Phi) is 4.04. The van der Waals surface area contributed by atoms with Crippen molar-refractivity contribution in [1.82, 2.24) is 15.0 Å². The molecule has 0 bridgehead atoms. The predicted octanol–water partition coefficient (Wildman–Crippen LogP) is 3.07. The standard InChI is InChI=1S/C13H14ClN3/c1-2-4-11-8-12(14)17-13(16-11)7-10-5-3-6-15-9-10/h3,5-6,8-9H,2,4,7H2,1H3. The van der Waals surface area contributed by atoms with E-state index >= 15 is 0 Å². The Morgan fingerprint density at radius 1 is 1.29 bits per heavy atom. The zero-order valence-electron chi connectivity index (χ0n) is 9.73. The van der Waals surface area contributed by atoms with Gasteiger partial charge in [0.15, 0.2) is 0 Å². The maximum Gasteiger partial charge on any atom is 0.134 e. The minimum absolute atomic E-state index is 0.516. The van der Waals surface area contributed by atoms with Crippen LogP contribution in [0.2, 0.25) is 5.15 Å². The monoisotopic (exact) mass is 247 g/mol. The largest absolute Gasteiger partial charge is 0.264 e. The van der Waals surface area contributed by atoms with E-state index in [0.29, 0.717) is 11.6 Å². The van der Waals surface area contributed by atoms with E-state index in [9.17, 15) is 0 Å². The van der Waals surface area contributed by atoms with Crippen LogP contribution in [0.25, 0.3) is 0 Å². The molecule has 0 amide bonds. The van der Waals surface area contributed by atoms with Crippen LogP contribution in [0.4, 0.5) is 0 Å². The lowest BCUT2D eigenvalue weighted by Gasteiger charge is -2.04. The van der Waals surface area contributed by atoms with Gasteiger partial charge in [0.05, 0.1) is 0 Å². The molecule has 0 radical (unpaired) electrons. The van der Waals surface area contributed by atoms with E-state index in [1.165, 1.54) is 0 Å². The predicted molar refractivity (Wildman–Crippen MR) is 68.1 cm³/mol. The first kappa shape index (κ1) is 12.0. The normalized spacial score (nSPS) is 10.5. The summed E-state index contributed by atoms with van der Waals surface area (Å²) in [6, 6.07) is 5.75. The Morgan fingerprint density at radius 3 is 2.88 bits per heavy atom. The summed E-state index contributed by atoms with van der Waals surface area (Å²) >= 11 is 5.99. The fraction of sp³-hybridized carbons (Fsp3) is 0.308. The summed E-state index contributed by atoms with van der Waals surface area (Å²) in [6.07, 6.45) is 6.24. The van der Waals surface area contributed by atoms with Crippen LogP contribution in [0.1, 0.15) is 30.4 Å². The molecule has 2 aromatic heterocycles. The topological polar surface area (TPSA) is 38.7 Å². The molecule has 4 heteroatoms. The fourth-order valence-electron chi connectivity index (χ4n) is 1.66. The summed E-state index contributed by atoms with van der Waals surface area (Å²) in [5, 5.41) is 0.516. The molecule has 0 aliphatic rings. The van der Waals surface area contributed by atoms with Gasteiger partial charge in [0, 0.05) is 24.5 Å². The highest BCUT2D eigenvalue weighted by Gasteiger charge is 2.04. The van der Waals surface area contributed by atoms with Crippen molar-refractivity contribution in [3.63, 3.8) is 0 Å². The van der Waals surface area contributed by atoms with Crippen molar-refractivity contribution in [2.75, 3.05) is 0 Å². The van der Waals surface area contributed by atoms with E-state index in [1.54, 1.807) is 6.20 Å². The number of hydrogen-bond acceptors (Lipinski definition) is 3. The summed E-state index contributed by atoms with van der Waals surface area (Å²) in [4.78, 5) is 12.8. The summed E-state index contributed by atoms with van der Waals surface area (Å²) in [5.41, 5.74) is 2.10. The molecule has 0 saturated carbocycles. The fourth-order valence-corrected chi connectivity index (χ4v) is 1.89. The first-order valence-electron chi connectivity index (χ1n) is 5.69. The van der Waals surface area contributed by atoms with E-state index in [4.69, 9.17) is 11.6 Å². The molecule has 0 saturated heterocycles. The molecule has 2 aromatic rings. The molecular formula is C13H14ClN3. The lowest BCUT2D eigenvalue weighted by Crippen LogP contribution is -2.01. The molecule has 0 spiro atoms. The maximum atomic E-state index is 5.99. The van der Waals surface area contributed by atoms with Gasteiger partial charge in [0.1, 0.15) is 11.0 Å². The molecule has 88 valence electrons. The number of nitrogens with zero attached hydrogens (tertiary/aromatic N) is 3. The van der Waals surface area contributed by atoms with Crippen molar-refractivity contribution in [3.8, 4) is 0 Å². The van der Waals surface area contributed by atoms with Crippen LogP contribution in [-0.4, -0.2) is 15.0 Å². The third-order valence-corrected chi connectivity index (χ3v) is 2.58. The maximum absolute atomic E-state index is 5.99. The van der Waals surface area contributed by atoms with Crippen LogP contribution in [0.5, 0.6) is 0 Å². The molecule has 0 N–H and O–H groups in total. The van der Waals surface area contributed by atoms with Crippen LogP contribution in [-0.2, 0) is 12.8 Å². The van der Waals surface area contributed by atoms with Crippen molar-refractivity contribution >= 4 is 11.6 Å². The molecule has 0 aliphatic heterocycles. The Labute approximate surface area is 106 Å². The molecule has 0 atom stereocenters. The van der Waals surface area contributed by atoms with E-state index in [0.717, 1.165) is 29.9 Å². The lowest BCUT2D eigenvalue weighted by molar-refractivity contribution is 0.840. The smallest absolute Gasteiger partial charge is 0.134 e. The Bertz CT molecular complexity index is 485. The van der Waals surface area contributed by atoms with Crippen molar-refractivity contribution in [2.45, 2.75) is 26.2 Å². The number of halogens is 1. The minimum Gasteiger partial charge on any atom is -0.264 e. The van der Waals surface area contributed by atoms with Gasteiger partial charge in [-0.05, 0) is 24.1 Å². The average molecular weight is 248 g/mol. The Hall–Kier alpha value is -1.48. The number of aromatic nitrogens is 3. The molecule has 17 heavy (non-hydrogen) atoms. The van der Waals surface area contributed by atoms with E-state index < -0.39 is 0 Å². The highest BCUT2D eigenvalue weighted by Crippen LogP contribution is 2.11. The molecule has 0 fully saturated rings. The molecule has 3 nitrogen and oxygen atoms in total. The molecule has 0 unspecified atom stereocenters. The minimum atomic E-state index is 0.516. The van der Waals surface area contributed by atoms with Gasteiger partial charge in [-0.1, -0.05) is 31.0 Å². The van der Waals surface area contributed by atoms with Gasteiger partial charge < -0.3 is 0 Å². The quantitative estimate of drug-likeness (QED) is 0.780. The van der Waals surface area contributed by atoms with Crippen LogP contribution in [0.3, 0.4) is 0 Å². The Morgan fingerprint density at radius 2 is 2.18 bits per heavy atom.